The van der Waals surface area contributed by atoms with Crippen molar-refractivity contribution in [1.82, 2.24) is 0 Å². The number of esters is 1. The first-order valence-corrected chi connectivity index (χ1v) is 6.13. The van der Waals surface area contributed by atoms with Gasteiger partial charge in [0.15, 0.2) is 11.7 Å². The van der Waals surface area contributed by atoms with E-state index in [1.54, 1.807) is 0 Å². The van der Waals surface area contributed by atoms with E-state index >= 15 is 0 Å². The second kappa shape index (κ2) is 5.55. The van der Waals surface area contributed by atoms with Gasteiger partial charge in [0.2, 0.25) is 11.6 Å². The first kappa shape index (κ1) is 19.2. The summed E-state index contributed by atoms with van der Waals surface area (Å²) in [7, 11) is 0. The molecule has 6 N–H and O–H groups in total. The van der Waals surface area contributed by atoms with Gasteiger partial charge in [0.25, 0.3) is 0 Å². The van der Waals surface area contributed by atoms with E-state index in [4.69, 9.17) is 4.74 Å². The van der Waals surface area contributed by atoms with Gasteiger partial charge in [-0.2, -0.15) is 0 Å². The molecule has 0 aromatic heterocycles. The maximum atomic E-state index is 11.9. The van der Waals surface area contributed by atoms with Crippen LogP contribution in [0.5, 0.6) is 0 Å². The van der Waals surface area contributed by atoms with Crippen molar-refractivity contribution in [2.24, 2.45) is 5.92 Å². The summed E-state index contributed by atoms with van der Waals surface area (Å²) in [5.41, 5.74) is -1.05. The van der Waals surface area contributed by atoms with Gasteiger partial charge < -0.3 is 35.4 Å². The van der Waals surface area contributed by atoms with Gasteiger partial charge in [-0.15, -0.1) is 0 Å². The molecular weight excluding hydrogens is 272 g/mol. The van der Waals surface area contributed by atoms with Crippen LogP contribution in [0.1, 0.15) is 41.0 Å². The van der Waals surface area contributed by atoms with Crippen LogP contribution in [0.25, 0.3) is 0 Å². The Balaban J connectivity index is 5.67. The van der Waals surface area contributed by atoms with Crippen LogP contribution in [0.3, 0.4) is 0 Å². The molecule has 8 nitrogen and oxygen atoms in total. The fourth-order valence-electron chi connectivity index (χ4n) is 1.62. The lowest BCUT2D eigenvalue weighted by Gasteiger charge is -2.43. The van der Waals surface area contributed by atoms with Crippen molar-refractivity contribution in [2.45, 2.75) is 64.0 Å². The lowest BCUT2D eigenvalue weighted by atomic mass is 9.83. The van der Waals surface area contributed by atoms with Crippen LogP contribution in [-0.2, 0) is 9.53 Å². The Hall–Kier alpha value is -0.770. The molecule has 0 saturated heterocycles. The minimum atomic E-state index is -3.53. The van der Waals surface area contributed by atoms with Crippen molar-refractivity contribution < 1.29 is 40.2 Å². The molecule has 0 heterocycles. The lowest BCUT2D eigenvalue weighted by molar-refractivity contribution is -0.401. The van der Waals surface area contributed by atoms with Crippen LogP contribution in [-0.4, -0.2) is 59.6 Å². The Kier molecular flexibility index (Phi) is 5.34. The molecule has 0 aliphatic carbocycles. The zero-order valence-electron chi connectivity index (χ0n) is 12.3. The van der Waals surface area contributed by atoms with E-state index < -0.39 is 41.3 Å². The second-order valence-electron chi connectivity index (χ2n) is 5.96. The van der Waals surface area contributed by atoms with Crippen LogP contribution >= 0.6 is 0 Å². The molecule has 0 spiro atoms. The number of ether oxygens (including phenoxy) is 1. The maximum absolute atomic E-state index is 11.9. The summed E-state index contributed by atoms with van der Waals surface area (Å²) in [6.07, 6.45) is -0.574. The summed E-state index contributed by atoms with van der Waals surface area (Å²) < 4.78 is 4.85. The topological polar surface area (TPSA) is 148 Å². The molecule has 8 heteroatoms. The monoisotopic (exact) mass is 296 g/mol. The van der Waals surface area contributed by atoms with Crippen LogP contribution in [0.15, 0.2) is 0 Å². The standard InChI is InChI=1S/C12H24O8/c1-6-11(16,17)12(18,19)7(10(5,14)15)8(13)20-9(2,3)4/h7,14-19H,6H2,1-5H3. The first-order chi connectivity index (χ1) is 8.56. The molecule has 0 saturated carbocycles. The SMILES string of the molecule is CCC(O)(O)C(O)(O)C(C(=O)OC(C)(C)C)C(C)(O)O. The minimum absolute atomic E-state index is 0.574. The molecule has 20 heavy (non-hydrogen) atoms. The summed E-state index contributed by atoms with van der Waals surface area (Å²) in [6, 6.07) is 0. The van der Waals surface area contributed by atoms with Gasteiger partial charge in [-0.3, -0.25) is 4.79 Å². The molecule has 0 aromatic rings. The molecule has 0 aliphatic rings. The third kappa shape index (κ3) is 4.37. The highest BCUT2D eigenvalue weighted by Gasteiger charge is 2.61. The Bertz CT molecular complexity index is 347. The summed E-state index contributed by atoms with van der Waals surface area (Å²) >= 11 is 0. The van der Waals surface area contributed by atoms with Crippen LogP contribution in [0.2, 0.25) is 0 Å². The number of rotatable bonds is 5. The zero-order chi connectivity index (χ0) is 16.6. The number of hydrogen-bond acceptors (Lipinski definition) is 8. The van der Waals surface area contributed by atoms with E-state index in [1.807, 2.05) is 0 Å². The van der Waals surface area contributed by atoms with Crippen molar-refractivity contribution in [2.75, 3.05) is 0 Å². The normalized spacial score (nSPS) is 15.9. The van der Waals surface area contributed by atoms with Crippen molar-refractivity contribution in [3.63, 3.8) is 0 Å². The van der Waals surface area contributed by atoms with Gasteiger partial charge in [-0.1, -0.05) is 6.92 Å². The van der Waals surface area contributed by atoms with Crippen molar-refractivity contribution in [3.05, 3.63) is 0 Å². The lowest BCUT2D eigenvalue weighted by Crippen LogP contribution is -2.66. The minimum Gasteiger partial charge on any atom is -0.459 e. The summed E-state index contributed by atoms with van der Waals surface area (Å²) in [4.78, 5) is 11.9. The molecule has 1 atom stereocenters. The van der Waals surface area contributed by atoms with Crippen molar-refractivity contribution in [3.8, 4) is 0 Å². The number of carbonyl (C=O) groups is 1. The summed E-state index contributed by atoms with van der Waals surface area (Å²) in [5, 5.41) is 57.9. The van der Waals surface area contributed by atoms with E-state index in [2.05, 4.69) is 0 Å². The van der Waals surface area contributed by atoms with Gasteiger partial charge >= 0.3 is 5.97 Å². The fraction of sp³-hybridized carbons (Fsp3) is 0.917. The molecule has 0 aliphatic heterocycles. The van der Waals surface area contributed by atoms with E-state index in [1.165, 1.54) is 27.7 Å². The molecule has 0 rings (SSSR count). The van der Waals surface area contributed by atoms with E-state index in [9.17, 15) is 35.4 Å². The summed E-state index contributed by atoms with van der Waals surface area (Å²) in [5.74, 6) is -13.4. The molecule has 0 amide bonds. The highest BCUT2D eigenvalue weighted by molar-refractivity contribution is 5.75. The van der Waals surface area contributed by atoms with Crippen LogP contribution < -0.4 is 0 Å². The van der Waals surface area contributed by atoms with Gasteiger partial charge in [0, 0.05) is 6.42 Å². The molecule has 120 valence electrons. The highest BCUT2D eigenvalue weighted by atomic mass is 16.6. The van der Waals surface area contributed by atoms with E-state index in [-0.39, 0.29) is 0 Å². The quantitative estimate of drug-likeness (QED) is 0.263. The predicted molar refractivity (Wildman–Crippen MR) is 66.8 cm³/mol. The molecular formula is C12H24O8. The largest absolute Gasteiger partial charge is 0.459 e. The van der Waals surface area contributed by atoms with Gasteiger partial charge in [0.05, 0.1) is 0 Å². The zero-order valence-corrected chi connectivity index (χ0v) is 12.3. The van der Waals surface area contributed by atoms with Crippen LogP contribution in [0, 0.1) is 5.92 Å². The smallest absolute Gasteiger partial charge is 0.320 e. The van der Waals surface area contributed by atoms with Gasteiger partial charge in [0.1, 0.15) is 5.60 Å². The number of carbonyl (C=O) groups excluding carboxylic acids is 1. The Morgan fingerprint density at radius 2 is 1.40 bits per heavy atom. The number of aliphatic hydroxyl groups is 6. The third-order valence-corrected chi connectivity index (χ3v) is 2.67. The van der Waals surface area contributed by atoms with E-state index in [0.29, 0.717) is 6.92 Å². The number of hydrogen-bond donors (Lipinski definition) is 6. The predicted octanol–water partition coefficient (Wildman–Crippen LogP) is -1.58. The third-order valence-electron chi connectivity index (χ3n) is 2.67. The molecule has 0 bridgehead atoms. The molecule has 0 aromatic carbocycles. The average molecular weight is 296 g/mol. The Labute approximate surface area is 117 Å². The molecule has 0 radical (unpaired) electrons. The first-order valence-electron chi connectivity index (χ1n) is 6.13. The van der Waals surface area contributed by atoms with Gasteiger partial charge in [-0.05, 0) is 27.7 Å². The van der Waals surface area contributed by atoms with Crippen molar-refractivity contribution >= 4 is 5.97 Å². The maximum Gasteiger partial charge on any atom is 0.320 e. The molecule has 1 unspecified atom stereocenters. The summed E-state index contributed by atoms with van der Waals surface area (Å²) in [6.45, 7) is 6.36. The second-order valence-corrected chi connectivity index (χ2v) is 5.96. The Morgan fingerprint density at radius 1 is 1.00 bits per heavy atom. The van der Waals surface area contributed by atoms with Crippen molar-refractivity contribution in [1.29, 1.82) is 0 Å². The fourth-order valence-corrected chi connectivity index (χ4v) is 1.62. The van der Waals surface area contributed by atoms with Crippen LogP contribution in [0.4, 0.5) is 0 Å². The Morgan fingerprint density at radius 3 is 1.65 bits per heavy atom. The van der Waals surface area contributed by atoms with Gasteiger partial charge in [-0.25, -0.2) is 0 Å². The van der Waals surface area contributed by atoms with E-state index in [0.717, 1.165) is 0 Å². The average Bonchev–Trinajstić information content (AvgIpc) is 2.10. The molecule has 0 fully saturated rings. The highest BCUT2D eigenvalue weighted by Crippen LogP contribution is 2.35.